The minimum atomic E-state index is 0.127. The lowest BCUT2D eigenvalue weighted by atomic mass is 9.96. The Morgan fingerprint density at radius 3 is 2.11 bits per heavy atom. The molecule has 0 aliphatic heterocycles. The second-order valence-corrected chi connectivity index (χ2v) is 5.57. The average molecular weight is 362 g/mol. The summed E-state index contributed by atoms with van der Waals surface area (Å²) < 4.78 is 16.4. The van der Waals surface area contributed by atoms with Crippen molar-refractivity contribution in [2.45, 2.75) is 0 Å². The number of anilines is 1. The zero-order valence-electron chi connectivity index (χ0n) is 15.2. The lowest BCUT2D eigenvalue weighted by molar-refractivity contribution is 0.377. The molecular weight excluding hydrogens is 344 g/mol. The van der Waals surface area contributed by atoms with Crippen LogP contribution in [0.15, 0.2) is 42.7 Å². The molecule has 0 unspecified atom stereocenters. The van der Waals surface area contributed by atoms with E-state index in [1.165, 1.54) is 14.2 Å². The molecule has 27 heavy (non-hydrogen) atoms. The highest BCUT2D eigenvalue weighted by atomic mass is 16.5. The van der Waals surface area contributed by atoms with Gasteiger partial charge in [0.15, 0.2) is 0 Å². The van der Waals surface area contributed by atoms with E-state index >= 15 is 0 Å². The van der Waals surface area contributed by atoms with Crippen molar-refractivity contribution in [2.75, 3.05) is 27.1 Å². The number of nitrogens with zero attached hydrogens (tertiary/aromatic N) is 3. The Hall–Kier alpha value is -3.79. The number of hydrogen-bond donors (Lipinski definition) is 1. The van der Waals surface area contributed by atoms with Crippen LogP contribution in [-0.2, 0) is 0 Å². The molecule has 3 aromatic rings. The first kappa shape index (κ1) is 18.0. The highest BCUT2D eigenvalue weighted by Gasteiger charge is 2.21. The van der Waals surface area contributed by atoms with Crippen LogP contribution < -0.4 is 19.9 Å². The highest BCUT2D eigenvalue weighted by molar-refractivity contribution is 5.87. The first-order valence-corrected chi connectivity index (χ1v) is 8.04. The molecule has 136 valence electrons. The first-order valence-electron chi connectivity index (χ1n) is 8.04. The summed E-state index contributed by atoms with van der Waals surface area (Å²) in [6.45, 7) is 0. The van der Waals surface area contributed by atoms with Crippen molar-refractivity contribution in [2.24, 2.45) is 0 Å². The second kappa shape index (κ2) is 7.62. The summed E-state index contributed by atoms with van der Waals surface area (Å²) in [5.41, 5.74) is 8.94. The normalized spacial score (nSPS) is 10.1. The minimum Gasteiger partial charge on any atom is -0.496 e. The van der Waals surface area contributed by atoms with Crippen LogP contribution in [-0.4, -0.2) is 31.3 Å². The van der Waals surface area contributed by atoms with E-state index in [1.807, 2.05) is 12.1 Å². The molecule has 7 heteroatoms. The first-order chi connectivity index (χ1) is 13.1. The van der Waals surface area contributed by atoms with Crippen LogP contribution in [0, 0.1) is 11.3 Å². The molecule has 2 aromatic heterocycles. The lowest BCUT2D eigenvalue weighted by Crippen LogP contribution is -2.02. The van der Waals surface area contributed by atoms with Crippen molar-refractivity contribution in [3.05, 3.63) is 48.3 Å². The van der Waals surface area contributed by atoms with Crippen molar-refractivity contribution in [1.82, 2.24) is 9.97 Å². The summed E-state index contributed by atoms with van der Waals surface area (Å²) in [6, 6.07) is 11.0. The Labute approximate surface area is 157 Å². The summed E-state index contributed by atoms with van der Waals surface area (Å²) in [7, 11) is 4.64. The third-order valence-corrected chi connectivity index (χ3v) is 4.12. The Kier molecular flexibility index (Phi) is 5.08. The van der Waals surface area contributed by atoms with Crippen LogP contribution in [0.1, 0.15) is 5.56 Å². The number of pyridine rings is 2. The molecule has 0 amide bonds. The van der Waals surface area contributed by atoms with Crippen LogP contribution in [0.4, 0.5) is 5.82 Å². The second-order valence-electron chi connectivity index (χ2n) is 5.57. The molecular formula is C20H18N4O3. The van der Waals surface area contributed by atoms with E-state index in [1.54, 1.807) is 37.7 Å². The predicted octanol–water partition coefficient (Wildman–Crippen LogP) is 3.29. The molecule has 2 heterocycles. The fraction of sp³-hybridized carbons (Fsp3) is 0.150. The maximum atomic E-state index is 9.66. The fourth-order valence-corrected chi connectivity index (χ4v) is 2.82. The van der Waals surface area contributed by atoms with Crippen molar-refractivity contribution in [3.63, 3.8) is 0 Å². The number of nitrogen functional groups attached to an aromatic ring is 1. The minimum absolute atomic E-state index is 0.127. The molecule has 0 atom stereocenters. The number of nitriles is 1. The van der Waals surface area contributed by atoms with Gasteiger partial charge in [-0.25, -0.2) is 4.98 Å². The molecule has 0 saturated carbocycles. The summed E-state index contributed by atoms with van der Waals surface area (Å²) in [5, 5.41) is 9.66. The molecule has 0 radical (unpaired) electrons. The number of benzene rings is 1. The summed E-state index contributed by atoms with van der Waals surface area (Å²) >= 11 is 0. The zero-order valence-corrected chi connectivity index (χ0v) is 15.2. The van der Waals surface area contributed by atoms with Crippen LogP contribution >= 0.6 is 0 Å². The highest BCUT2D eigenvalue weighted by Crippen LogP contribution is 2.44. The monoisotopic (exact) mass is 362 g/mol. The Bertz CT molecular complexity index is 989. The van der Waals surface area contributed by atoms with Gasteiger partial charge >= 0.3 is 0 Å². The molecule has 1 aromatic carbocycles. The Morgan fingerprint density at radius 1 is 0.963 bits per heavy atom. The number of hydrogen-bond acceptors (Lipinski definition) is 7. The number of aromatic nitrogens is 2. The van der Waals surface area contributed by atoms with Gasteiger partial charge in [-0.05, 0) is 18.2 Å². The molecule has 0 fully saturated rings. The van der Waals surface area contributed by atoms with Gasteiger partial charge in [0.25, 0.3) is 0 Å². The Morgan fingerprint density at radius 2 is 1.59 bits per heavy atom. The summed E-state index contributed by atoms with van der Waals surface area (Å²) in [4.78, 5) is 8.38. The van der Waals surface area contributed by atoms with Gasteiger partial charge in [0.05, 0.1) is 32.6 Å². The predicted molar refractivity (Wildman–Crippen MR) is 102 cm³/mol. The van der Waals surface area contributed by atoms with Gasteiger partial charge in [-0.2, -0.15) is 5.26 Å². The fourth-order valence-electron chi connectivity index (χ4n) is 2.82. The van der Waals surface area contributed by atoms with E-state index in [9.17, 15) is 5.26 Å². The quantitative estimate of drug-likeness (QED) is 0.743. The standard InChI is InChI=1S/C20H18N4O3/c1-25-13-8-17(26-2)19(18(9-13)27-3)14-10-16(12-4-6-23-7-5-12)24-20(22)15(14)11-21/h4-10H,1-3H3,(H2,22,24). The van der Waals surface area contributed by atoms with Crippen LogP contribution in [0.2, 0.25) is 0 Å². The molecule has 2 N–H and O–H groups in total. The lowest BCUT2D eigenvalue weighted by Gasteiger charge is -2.17. The molecule has 0 aliphatic carbocycles. The number of ether oxygens (including phenoxy) is 3. The largest absolute Gasteiger partial charge is 0.496 e. The van der Waals surface area contributed by atoms with Gasteiger partial charge in [-0.3, -0.25) is 4.98 Å². The molecule has 0 saturated heterocycles. The molecule has 7 nitrogen and oxygen atoms in total. The maximum absolute atomic E-state index is 9.66. The number of rotatable bonds is 5. The van der Waals surface area contributed by atoms with Gasteiger partial charge in [0.2, 0.25) is 0 Å². The van der Waals surface area contributed by atoms with Gasteiger partial charge in [0, 0.05) is 35.7 Å². The van der Waals surface area contributed by atoms with E-state index in [-0.39, 0.29) is 11.4 Å². The zero-order chi connectivity index (χ0) is 19.4. The summed E-state index contributed by atoms with van der Waals surface area (Å²) in [6.07, 6.45) is 3.33. The van der Waals surface area contributed by atoms with E-state index in [0.717, 1.165) is 5.56 Å². The van der Waals surface area contributed by atoms with E-state index in [4.69, 9.17) is 19.9 Å². The topological polar surface area (TPSA) is 103 Å². The average Bonchev–Trinajstić information content (AvgIpc) is 2.72. The molecule has 0 spiro atoms. The van der Waals surface area contributed by atoms with Gasteiger partial charge in [-0.1, -0.05) is 0 Å². The van der Waals surface area contributed by atoms with Gasteiger partial charge in [-0.15, -0.1) is 0 Å². The Balaban J connectivity index is 2.34. The number of methoxy groups -OCH3 is 3. The van der Waals surface area contributed by atoms with Crippen molar-refractivity contribution in [1.29, 1.82) is 5.26 Å². The van der Waals surface area contributed by atoms with E-state index in [2.05, 4.69) is 16.0 Å². The number of nitrogens with two attached hydrogens (primary N) is 1. The third-order valence-electron chi connectivity index (χ3n) is 4.12. The van der Waals surface area contributed by atoms with Gasteiger partial charge < -0.3 is 19.9 Å². The molecule has 3 rings (SSSR count). The third kappa shape index (κ3) is 3.33. The summed E-state index contributed by atoms with van der Waals surface area (Å²) in [5.74, 6) is 1.69. The van der Waals surface area contributed by atoms with Crippen LogP contribution in [0.25, 0.3) is 22.4 Å². The maximum Gasteiger partial charge on any atom is 0.142 e. The van der Waals surface area contributed by atoms with E-state index in [0.29, 0.717) is 34.1 Å². The van der Waals surface area contributed by atoms with E-state index < -0.39 is 0 Å². The van der Waals surface area contributed by atoms with Gasteiger partial charge in [0.1, 0.15) is 34.7 Å². The van der Waals surface area contributed by atoms with Crippen molar-refractivity contribution >= 4 is 5.82 Å². The van der Waals surface area contributed by atoms with Crippen molar-refractivity contribution in [3.8, 4) is 45.7 Å². The van der Waals surface area contributed by atoms with Crippen LogP contribution in [0.5, 0.6) is 17.2 Å². The van der Waals surface area contributed by atoms with Crippen molar-refractivity contribution < 1.29 is 14.2 Å². The van der Waals surface area contributed by atoms with Crippen LogP contribution in [0.3, 0.4) is 0 Å². The molecule has 0 aliphatic rings. The SMILES string of the molecule is COc1cc(OC)c(-c2cc(-c3ccncc3)nc(N)c2C#N)c(OC)c1. The molecule has 0 bridgehead atoms. The smallest absolute Gasteiger partial charge is 0.142 e.